The Hall–Kier alpha value is -3.47. The van der Waals surface area contributed by atoms with Gasteiger partial charge < -0.3 is 10.2 Å². The number of carbonyl (C=O) groups excluding carboxylic acids is 2. The number of carbonyl (C=O) groups is 2. The number of nitro benzene ring substituents is 1. The minimum absolute atomic E-state index is 0.134. The first kappa shape index (κ1) is 21.8. The van der Waals surface area contributed by atoms with Crippen LogP contribution >= 0.6 is 35.6 Å². The van der Waals surface area contributed by atoms with Crippen molar-refractivity contribution in [3.63, 3.8) is 0 Å². The number of anilines is 1. The second-order valence-electron chi connectivity index (χ2n) is 6.52. The lowest BCUT2D eigenvalue weighted by molar-refractivity contribution is -0.384. The molecule has 160 valence electrons. The quantitative estimate of drug-likeness (QED) is 0.233. The molecule has 0 atom stereocenters. The number of rotatable bonds is 5. The van der Waals surface area contributed by atoms with E-state index in [4.69, 9.17) is 34.0 Å². The lowest BCUT2D eigenvalue weighted by Gasteiger charge is -2.17. The Kier molecular flexibility index (Phi) is 5.83. The van der Waals surface area contributed by atoms with Crippen molar-refractivity contribution >= 4 is 69.2 Å². The van der Waals surface area contributed by atoms with E-state index >= 15 is 0 Å². The van der Waals surface area contributed by atoms with Crippen LogP contribution in [0.25, 0.3) is 17.4 Å². The Bertz CT molecular complexity index is 1330. The molecule has 0 saturated carbocycles. The van der Waals surface area contributed by atoms with Gasteiger partial charge in [-0.3, -0.25) is 24.6 Å². The van der Waals surface area contributed by atoms with Crippen molar-refractivity contribution in [1.29, 1.82) is 0 Å². The molecule has 2 aromatic carbocycles. The molecule has 0 radical (unpaired) electrons. The van der Waals surface area contributed by atoms with Crippen molar-refractivity contribution in [2.75, 3.05) is 4.90 Å². The van der Waals surface area contributed by atoms with Crippen molar-refractivity contribution in [2.24, 2.45) is 5.73 Å². The fraction of sp³-hybridized carbons (Fsp3) is 0. The monoisotopic (exact) mass is 485 g/mol. The van der Waals surface area contributed by atoms with Gasteiger partial charge in [-0.15, -0.1) is 0 Å². The minimum Gasteiger partial charge on any atom is -0.457 e. The molecule has 1 fully saturated rings. The smallest absolute Gasteiger partial charge is 0.270 e. The normalized spacial score (nSPS) is 14.9. The van der Waals surface area contributed by atoms with E-state index in [1.165, 1.54) is 35.2 Å². The zero-order chi connectivity index (χ0) is 23.0. The summed E-state index contributed by atoms with van der Waals surface area (Å²) in [5.74, 6) is -0.349. The highest BCUT2D eigenvalue weighted by Crippen LogP contribution is 2.38. The summed E-state index contributed by atoms with van der Waals surface area (Å²) in [6.07, 6.45) is 1.52. The highest BCUT2D eigenvalue weighted by atomic mass is 35.5. The lowest BCUT2D eigenvalue weighted by atomic mass is 10.1. The summed E-state index contributed by atoms with van der Waals surface area (Å²) in [6.45, 7) is 0. The Morgan fingerprint density at radius 2 is 1.97 bits per heavy atom. The Morgan fingerprint density at radius 3 is 2.66 bits per heavy atom. The molecular formula is C21H12ClN3O5S2. The Labute approximate surface area is 195 Å². The molecule has 11 heteroatoms. The number of nitro groups is 1. The molecule has 0 aliphatic carbocycles. The highest BCUT2D eigenvalue weighted by Gasteiger charge is 2.35. The van der Waals surface area contributed by atoms with Crippen LogP contribution in [0.5, 0.6) is 0 Å². The molecule has 3 aromatic rings. The van der Waals surface area contributed by atoms with E-state index < -0.39 is 16.7 Å². The largest absolute Gasteiger partial charge is 0.457 e. The van der Waals surface area contributed by atoms with Gasteiger partial charge in [-0.25, -0.2) is 0 Å². The summed E-state index contributed by atoms with van der Waals surface area (Å²) in [7, 11) is 0. The number of nitrogens with two attached hydrogens (primary N) is 1. The number of amides is 2. The maximum Gasteiger partial charge on any atom is 0.270 e. The van der Waals surface area contributed by atoms with Gasteiger partial charge in [-0.05, 0) is 30.3 Å². The van der Waals surface area contributed by atoms with Crippen molar-refractivity contribution in [1.82, 2.24) is 0 Å². The number of benzene rings is 2. The van der Waals surface area contributed by atoms with E-state index in [9.17, 15) is 19.7 Å². The molecule has 1 aromatic heterocycles. The van der Waals surface area contributed by atoms with Gasteiger partial charge in [-0.2, -0.15) is 0 Å². The lowest BCUT2D eigenvalue weighted by Crippen LogP contribution is -2.30. The van der Waals surface area contributed by atoms with Crippen molar-refractivity contribution in [3.8, 4) is 11.3 Å². The zero-order valence-corrected chi connectivity index (χ0v) is 18.4. The predicted octanol–water partition coefficient (Wildman–Crippen LogP) is 5.01. The van der Waals surface area contributed by atoms with Crippen LogP contribution in [0.2, 0.25) is 5.02 Å². The van der Waals surface area contributed by atoms with Gasteiger partial charge >= 0.3 is 0 Å². The number of thioether (sulfide) groups is 1. The summed E-state index contributed by atoms with van der Waals surface area (Å²) < 4.78 is 6.02. The fourth-order valence-corrected chi connectivity index (χ4v) is 4.61. The van der Waals surface area contributed by atoms with Gasteiger partial charge in [0.05, 0.1) is 26.1 Å². The van der Waals surface area contributed by atoms with Crippen LogP contribution in [0.1, 0.15) is 16.1 Å². The first-order valence-corrected chi connectivity index (χ1v) is 10.6. The molecule has 1 aliphatic rings. The third-order valence-corrected chi connectivity index (χ3v) is 6.15. The second kappa shape index (κ2) is 8.58. The molecule has 1 saturated heterocycles. The Balaban J connectivity index is 1.63. The summed E-state index contributed by atoms with van der Waals surface area (Å²) in [5.41, 5.74) is 6.25. The number of para-hydroxylation sites is 1. The molecule has 2 heterocycles. The van der Waals surface area contributed by atoms with Gasteiger partial charge in [0, 0.05) is 23.8 Å². The number of nitrogens with zero attached hydrogens (tertiary/aromatic N) is 2. The summed E-state index contributed by atoms with van der Waals surface area (Å²) in [4.78, 5) is 36.6. The van der Waals surface area contributed by atoms with Crippen LogP contribution in [-0.4, -0.2) is 21.1 Å². The van der Waals surface area contributed by atoms with E-state index in [0.717, 1.165) is 11.8 Å². The van der Waals surface area contributed by atoms with Gasteiger partial charge in [0.1, 0.15) is 11.5 Å². The molecule has 2 amide bonds. The molecular weight excluding hydrogens is 474 g/mol. The van der Waals surface area contributed by atoms with E-state index in [-0.39, 0.29) is 20.6 Å². The molecule has 0 spiro atoms. The second-order valence-corrected chi connectivity index (χ2v) is 8.60. The van der Waals surface area contributed by atoms with Crippen LogP contribution in [0.3, 0.4) is 0 Å². The number of thiocarbonyl (C=S) groups is 1. The molecule has 2 N–H and O–H groups in total. The number of hydrogen-bond donors (Lipinski definition) is 1. The number of non-ortho nitro benzene ring substituents is 1. The summed E-state index contributed by atoms with van der Waals surface area (Å²) in [5, 5.41) is 11.0. The van der Waals surface area contributed by atoms with E-state index in [1.807, 2.05) is 0 Å². The number of furan rings is 1. The molecule has 4 rings (SSSR count). The molecule has 32 heavy (non-hydrogen) atoms. The summed E-state index contributed by atoms with van der Waals surface area (Å²) in [6, 6.07) is 13.8. The SMILES string of the molecule is NC(=O)c1ccccc1N1C(=O)/C(=C\c2ccc(-c3ccc([N+](=O)[O-])cc3Cl)o2)SC1=S. The first-order valence-electron chi connectivity index (χ1n) is 8.97. The van der Waals surface area contributed by atoms with Crippen LogP contribution in [0, 0.1) is 10.1 Å². The van der Waals surface area contributed by atoms with Crippen LogP contribution < -0.4 is 10.6 Å². The average molecular weight is 486 g/mol. The molecule has 0 unspecified atom stereocenters. The predicted molar refractivity (Wildman–Crippen MR) is 126 cm³/mol. The number of hydrogen-bond acceptors (Lipinski definition) is 7. The van der Waals surface area contributed by atoms with Crippen LogP contribution in [-0.2, 0) is 4.79 Å². The fourth-order valence-electron chi connectivity index (χ4n) is 3.07. The number of primary amides is 1. The summed E-state index contributed by atoms with van der Waals surface area (Å²) >= 11 is 12.6. The van der Waals surface area contributed by atoms with E-state index in [2.05, 4.69) is 0 Å². The third-order valence-electron chi connectivity index (χ3n) is 4.53. The zero-order valence-electron chi connectivity index (χ0n) is 16.0. The van der Waals surface area contributed by atoms with Crippen LogP contribution in [0.4, 0.5) is 11.4 Å². The van der Waals surface area contributed by atoms with Crippen LogP contribution in [0.15, 0.2) is 63.9 Å². The highest BCUT2D eigenvalue weighted by molar-refractivity contribution is 8.27. The van der Waals surface area contributed by atoms with Gasteiger partial charge in [0.25, 0.3) is 17.5 Å². The van der Waals surface area contributed by atoms with Crippen molar-refractivity contribution in [2.45, 2.75) is 0 Å². The van der Waals surface area contributed by atoms with E-state index in [1.54, 1.807) is 30.3 Å². The topological polar surface area (TPSA) is 120 Å². The van der Waals surface area contributed by atoms with Crippen molar-refractivity contribution in [3.05, 3.63) is 86.0 Å². The molecule has 0 bridgehead atoms. The van der Waals surface area contributed by atoms with Gasteiger partial charge in [-0.1, -0.05) is 47.7 Å². The maximum absolute atomic E-state index is 13.0. The Morgan fingerprint density at radius 1 is 1.22 bits per heavy atom. The maximum atomic E-state index is 13.0. The standard InChI is InChI=1S/C21H12ClN3O5S2/c22-15-9-11(25(28)29)5-7-13(15)17-8-6-12(30-17)10-18-20(27)24(21(31)32-18)16-4-2-1-3-14(16)19(23)26/h1-10H,(H2,23,26)/b18-10+. The number of halogens is 1. The molecule has 1 aliphatic heterocycles. The van der Waals surface area contributed by atoms with Gasteiger partial charge in [0.2, 0.25) is 0 Å². The first-order chi connectivity index (χ1) is 15.3. The average Bonchev–Trinajstić information content (AvgIpc) is 3.32. The molecule has 8 nitrogen and oxygen atoms in total. The third kappa shape index (κ3) is 4.03. The van der Waals surface area contributed by atoms with Gasteiger partial charge in [0.15, 0.2) is 4.32 Å². The minimum atomic E-state index is -0.672. The van der Waals surface area contributed by atoms with Crippen molar-refractivity contribution < 1.29 is 18.9 Å². The van der Waals surface area contributed by atoms with E-state index in [0.29, 0.717) is 27.7 Å².